The molecule has 1 atom stereocenters. The molecule has 1 aliphatic heterocycles. The minimum Gasteiger partial charge on any atom is -0.374 e. The van der Waals surface area contributed by atoms with Gasteiger partial charge in [-0.05, 0) is 41.0 Å². The molecule has 5 nitrogen and oxygen atoms in total. The lowest BCUT2D eigenvalue weighted by Crippen LogP contribution is -2.60. The highest BCUT2D eigenvalue weighted by Crippen LogP contribution is 2.45. The van der Waals surface area contributed by atoms with E-state index in [1.165, 1.54) is 6.04 Å². The van der Waals surface area contributed by atoms with Crippen LogP contribution in [-0.4, -0.2) is 56.0 Å². The van der Waals surface area contributed by atoms with Gasteiger partial charge in [-0.1, -0.05) is 25.8 Å². The fourth-order valence-electron chi connectivity index (χ4n) is 3.88. The van der Waals surface area contributed by atoms with Crippen molar-refractivity contribution in [3.63, 3.8) is 0 Å². The Balaban J connectivity index is 3.21. The Bertz CT molecular complexity index is 320. The number of hydrogen-bond acceptors (Lipinski definition) is 5. The highest BCUT2D eigenvalue weighted by atomic mass is 28.4. The summed E-state index contributed by atoms with van der Waals surface area (Å²) < 4.78 is 31.2. The summed E-state index contributed by atoms with van der Waals surface area (Å²) in [6.07, 6.45) is 3.12. The summed E-state index contributed by atoms with van der Waals surface area (Å²) in [6.45, 7) is 15.6. The number of hydrogen-bond donors (Lipinski definition) is 0. The van der Waals surface area contributed by atoms with Gasteiger partial charge in [0.2, 0.25) is 0 Å². The zero-order valence-corrected chi connectivity index (χ0v) is 18.5. The van der Waals surface area contributed by atoms with Gasteiger partial charge < -0.3 is 22.8 Å². The van der Waals surface area contributed by atoms with Crippen molar-refractivity contribution < 1.29 is 22.8 Å². The molecule has 0 spiro atoms. The van der Waals surface area contributed by atoms with Gasteiger partial charge >= 0.3 is 8.80 Å². The molecule has 0 aromatic heterocycles. The van der Waals surface area contributed by atoms with E-state index < -0.39 is 23.0 Å². The van der Waals surface area contributed by atoms with Crippen LogP contribution in [0, 0.1) is 0 Å². The van der Waals surface area contributed by atoms with Gasteiger partial charge in [0, 0.05) is 38.2 Å². The molecule has 0 aromatic rings. The molecular formula is C17H37O5Si2. The lowest BCUT2D eigenvalue weighted by Gasteiger charge is -2.43. The largest absolute Gasteiger partial charge is 0.501 e. The van der Waals surface area contributed by atoms with Crippen molar-refractivity contribution in [3.8, 4) is 0 Å². The van der Waals surface area contributed by atoms with Crippen LogP contribution in [0.5, 0.6) is 0 Å². The smallest absolute Gasteiger partial charge is 0.374 e. The van der Waals surface area contributed by atoms with Crippen LogP contribution in [0.2, 0.25) is 11.2 Å². The summed E-state index contributed by atoms with van der Waals surface area (Å²) in [6, 6.07) is 1.17. The molecule has 0 aromatic carbocycles. The Hall–Kier alpha value is 0.234. The molecule has 1 aliphatic rings. The Morgan fingerprint density at radius 1 is 0.833 bits per heavy atom. The molecule has 1 radical (unpaired) electrons. The van der Waals surface area contributed by atoms with E-state index in [2.05, 4.69) is 20.8 Å². The summed E-state index contributed by atoms with van der Waals surface area (Å²) in [7, 11) is -3.76. The van der Waals surface area contributed by atoms with Crippen molar-refractivity contribution in [2.24, 2.45) is 0 Å². The lowest BCUT2D eigenvalue weighted by molar-refractivity contribution is -0.177. The molecule has 0 saturated carbocycles. The summed E-state index contributed by atoms with van der Waals surface area (Å²) in [5.74, 6) is 0. The average Bonchev–Trinajstić information content (AvgIpc) is 2.93. The minimum atomic E-state index is -2.75. The van der Waals surface area contributed by atoms with Crippen molar-refractivity contribution in [2.45, 2.75) is 77.4 Å². The second kappa shape index (κ2) is 11.1. The second-order valence-corrected chi connectivity index (χ2v) is 12.2. The molecule has 1 rings (SSSR count). The highest BCUT2D eigenvalue weighted by Gasteiger charge is 2.60. The van der Waals surface area contributed by atoms with Gasteiger partial charge in [0.15, 0.2) is 0 Å². The Morgan fingerprint density at radius 3 is 1.71 bits per heavy atom. The fraction of sp³-hybridized carbons (Fsp3) is 1.00. The quantitative estimate of drug-likeness (QED) is 0.359. The van der Waals surface area contributed by atoms with E-state index in [1.54, 1.807) is 0 Å². The van der Waals surface area contributed by atoms with Crippen molar-refractivity contribution in [1.29, 1.82) is 0 Å². The van der Waals surface area contributed by atoms with Crippen LogP contribution in [0.15, 0.2) is 0 Å². The maximum Gasteiger partial charge on any atom is 0.501 e. The highest BCUT2D eigenvalue weighted by molar-refractivity contribution is 6.82. The van der Waals surface area contributed by atoms with E-state index in [0.717, 1.165) is 19.3 Å². The van der Waals surface area contributed by atoms with Crippen LogP contribution in [-0.2, 0) is 22.8 Å². The number of ether oxygens (including phenoxy) is 2. The summed E-state index contributed by atoms with van der Waals surface area (Å²) in [5.41, 5.74) is -0.418. The van der Waals surface area contributed by atoms with Crippen molar-refractivity contribution in [1.82, 2.24) is 0 Å². The summed E-state index contributed by atoms with van der Waals surface area (Å²) >= 11 is 0. The van der Waals surface area contributed by atoms with E-state index in [9.17, 15) is 0 Å². The minimum absolute atomic E-state index is 0.294. The SMILES string of the molecule is CCOC1(OCC)CCC[Si]1C(CC)[Si](OCC)(OCC)OCC. The molecular weight excluding hydrogens is 340 g/mol. The topological polar surface area (TPSA) is 46.2 Å². The maximum atomic E-state index is 6.23. The van der Waals surface area contributed by atoms with Gasteiger partial charge in [0.05, 0.1) is 0 Å². The Labute approximate surface area is 151 Å². The van der Waals surface area contributed by atoms with Gasteiger partial charge in [0.1, 0.15) is 14.2 Å². The molecule has 1 unspecified atom stereocenters. The average molecular weight is 378 g/mol. The third-order valence-electron chi connectivity index (χ3n) is 4.49. The molecule has 1 fully saturated rings. The van der Waals surface area contributed by atoms with Gasteiger partial charge in [-0.25, -0.2) is 0 Å². The lowest BCUT2D eigenvalue weighted by atomic mass is 10.3. The maximum absolute atomic E-state index is 6.23. The monoisotopic (exact) mass is 377 g/mol. The van der Waals surface area contributed by atoms with Crippen molar-refractivity contribution >= 4 is 17.6 Å². The van der Waals surface area contributed by atoms with E-state index >= 15 is 0 Å². The van der Waals surface area contributed by atoms with Gasteiger partial charge in [-0.3, -0.25) is 0 Å². The van der Waals surface area contributed by atoms with Crippen LogP contribution in [0.25, 0.3) is 0 Å². The predicted octanol–water partition coefficient (Wildman–Crippen LogP) is 3.95. The van der Waals surface area contributed by atoms with Crippen LogP contribution in [0.3, 0.4) is 0 Å². The van der Waals surface area contributed by atoms with E-state index in [1.807, 2.05) is 20.8 Å². The third kappa shape index (κ3) is 4.90. The molecule has 0 N–H and O–H groups in total. The molecule has 0 aliphatic carbocycles. The molecule has 143 valence electrons. The number of rotatable bonds is 13. The third-order valence-corrected chi connectivity index (χ3v) is 13.6. The van der Waals surface area contributed by atoms with Gasteiger partial charge in [-0.2, -0.15) is 0 Å². The van der Waals surface area contributed by atoms with Crippen molar-refractivity contribution in [3.05, 3.63) is 0 Å². The standard InChI is InChI=1S/C17H37O5Si2/c1-7-16(24(20-10-4,21-11-5)22-12-6)23-15-13-14-17(23,18-8-2)19-9-3/h16H,7-15H2,1-6H3. The molecule has 1 saturated heterocycles. The first-order valence-corrected chi connectivity index (χ1v) is 13.2. The van der Waals surface area contributed by atoms with E-state index in [4.69, 9.17) is 22.8 Å². The molecule has 1 heterocycles. The predicted molar refractivity (Wildman–Crippen MR) is 100 cm³/mol. The summed E-state index contributed by atoms with van der Waals surface area (Å²) in [4.78, 5) is 0. The first kappa shape index (κ1) is 22.3. The van der Waals surface area contributed by atoms with Gasteiger partial charge in [-0.15, -0.1) is 0 Å². The second-order valence-electron chi connectivity index (χ2n) is 5.86. The first-order valence-electron chi connectivity index (χ1n) is 9.65. The zero-order chi connectivity index (χ0) is 18.1. The normalized spacial score (nSPS) is 19.8. The Morgan fingerprint density at radius 2 is 1.33 bits per heavy atom. The summed E-state index contributed by atoms with van der Waals surface area (Å²) in [5, 5.41) is 0.294. The van der Waals surface area contributed by atoms with Crippen molar-refractivity contribution in [2.75, 3.05) is 33.0 Å². The van der Waals surface area contributed by atoms with Gasteiger partial charge in [0.25, 0.3) is 0 Å². The fourth-order valence-corrected chi connectivity index (χ4v) is 13.5. The molecule has 0 bridgehead atoms. The van der Waals surface area contributed by atoms with Crippen LogP contribution in [0.1, 0.15) is 60.8 Å². The first-order chi connectivity index (χ1) is 11.6. The van der Waals surface area contributed by atoms with E-state index in [-0.39, 0.29) is 0 Å². The van der Waals surface area contributed by atoms with E-state index in [0.29, 0.717) is 38.2 Å². The zero-order valence-electron chi connectivity index (χ0n) is 16.5. The Kier molecular flexibility index (Phi) is 10.3. The van der Waals surface area contributed by atoms with Crippen LogP contribution in [0.4, 0.5) is 0 Å². The molecule has 24 heavy (non-hydrogen) atoms. The molecule has 7 heteroatoms. The molecule has 0 amide bonds. The van der Waals surface area contributed by atoms with Crippen LogP contribution < -0.4 is 0 Å². The van der Waals surface area contributed by atoms with Crippen LogP contribution >= 0.6 is 0 Å².